The summed E-state index contributed by atoms with van der Waals surface area (Å²) in [5.74, 6) is 0.355. The van der Waals surface area contributed by atoms with Gasteiger partial charge in [0, 0.05) is 12.6 Å². The molecule has 0 fully saturated rings. The maximum atomic E-state index is 12.0. The second kappa shape index (κ2) is 7.27. The largest absolute Gasteiger partial charge is 0.482 e. The number of nitriles is 1. The van der Waals surface area contributed by atoms with Crippen molar-refractivity contribution in [2.75, 3.05) is 18.9 Å². The zero-order valence-corrected chi connectivity index (χ0v) is 11.3. The van der Waals surface area contributed by atoms with Gasteiger partial charge in [-0.25, -0.2) is 0 Å². The maximum absolute atomic E-state index is 12.0. The molecule has 0 radical (unpaired) electrons. The number of nitrogens with zero attached hydrogens (tertiary/aromatic N) is 2. The van der Waals surface area contributed by atoms with Crippen LogP contribution < -0.4 is 10.5 Å². The summed E-state index contributed by atoms with van der Waals surface area (Å²) in [6, 6.07) is 9.11. The van der Waals surface area contributed by atoms with Crippen molar-refractivity contribution in [3.8, 4) is 11.8 Å². The first-order chi connectivity index (χ1) is 9.06. The predicted octanol–water partition coefficient (Wildman–Crippen LogP) is 1.80. The van der Waals surface area contributed by atoms with Gasteiger partial charge < -0.3 is 15.4 Å². The number of ether oxygens (including phenoxy) is 1. The van der Waals surface area contributed by atoms with E-state index in [1.54, 1.807) is 29.2 Å². The van der Waals surface area contributed by atoms with Crippen LogP contribution in [0, 0.1) is 11.3 Å². The summed E-state index contributed by atoms with van der Waals surface area (Å²) in [6.07, 6.45) is 0.317. The van der Waals surface area contributed by atoms with Crippen molar-refractivity contribution in [3.05, 3.63) is 24.3 Å². The number of hydrogen-bond donors (Lipinski definition) is 1. The SMILES string of the molecule is CC(C)N(CCC#N)C(=O)COc1ccccc1N. The molecule has 0 unspecified atom stereocenters. The van der Waals surface area contributed by atoms with Crippen LogP contribution in [0.3, 0.4) is 0 Å². The Labute approximate surface area is 113 Å². The standard InChI is InChI=1S/C14H19N3O2/c1-11(2)17(9-5-8-15)14(18)10-19-13-7-4-3-6-12(13)16/h3-4,6-7,11H,5,9-10,16H2,1-2H3. The highest BCUT2D eigenvalue weighted by atomic mass is 16.5. The lowest BCUT2D eigenvalue weighted by molar-refractivity contribution is -0.135. The van der Waals surface area contributed by atoms with E-state index in [0.717, 1.165) is 0 Å². The van der Waals surface area contributed by atoms with Crippen LogP contribution in [-0.2, 0) is 4.79 Å². The van der Waals surface area contributed by atoms with Crippen molar-refractivity contribution in [3.63, 3.8) is 0 Å². The van der Waals surface area contributed by atoms with E-state index in [9.17, 15) is 4.79 Å². The van der Waals surface area contributed by atoms with Crippen LogP contribution in [0.2, 0.25) is 0 Å². The number of amides is 1. The van der Waals surface area contributed by atoms with Crippen LogP contribution in [0.15, 0.2) is 24.3 Å². The van der Waals surface area contributed by atoms with Crippen molar-refractivity contribution in [2.24, 2.45) is 0 Å². The first kappa shape index (κ1) is 14.8. The maximum Gasteiger partial charge on any atom is 0.260 e. The first-order valence-corrected chi connectivity index (χ1v) is 6.20. The van der Waals surface area contributed by atoms with Crippen LogP contribution >= 0.6 is 0 Å². The minimum absolute atomic E-state index is 0.0394. The van der Waals surface area contributed by atoms with Gasteiger partial charge in [-0.15, -0.1) is 0 Å². The highest BCUT2D eigenvalue weighted by molar-refractivity contribution is 5.78. The Bertz CT molecular complexity index is 466. The van der Waals surface area contributed by atoms with E-state index in [2.05, 4.69) is 0 Å². The van der Waals surface area contributed by atoms with Crippen LogP contribution in [0.25, 0.3) is 0 Å². The van der Waals surface area contributed by atoms with Gasteiger partial charge in [-0.3, -0.25) is 4.79 Å². The molecule has 19 heavy (non-hydrogen) atoms. The number of rotatable bonds is 6. The normalized spacial score (nSPS) is 10.0. The molecule has 5 heteroatoms. The Morgan fingerprint density at radius 2 is 2.16 bits per heavy atom. The minimum Gasteiger partial charge on any atom is -0.482 e. The second-order valence-electron chi connectivity index (χ2n) is 4.42. The number of hydrogen-bond acceptors (Lipinski definition) is 4. The molecule has 0 atom stereocenters. The lowest BCUT2D eigenvalue weighted by Gasteiger charge is -2.25. The smallest absolute Gasteiger partial charge is 0.260 e. The molecule has 1 aromatic rings. The fourth-order valence-electron chi connectivity index (χ4n) is 1.68. The Morgan fingerprint density at radius 3 is 2.74 bits per heavy atom. The fraction of sp³-hybridized carbons (Fsp3) is 0.429. The molecule has 1 amide bonds. The summed E-state index contributed by atoms with van der Waals surface area (Å²) >= 11 is 0. The molecule has 5 nitrogen and oxygen atoms in total. The van der Waals surface area contributed by atoms with E-state index in [-0.39, 0.29) is 18.6 Å². The van der Waals surface area contributed by atoms with E-state index in [1.165, 1.54) is 0 Å². The molecule has 102 valence electrons. The van der Waals surface area contributed by atoms with Gasteiger partial charge in [0.25, 0.3) is 5.91 Å². The number of para-hydroxylation sites is 2. The molecule has 0 aliphatic rings. The van der Waals surface area contributed by atoms with Crippen LogP contribution in [0.4, 0.5) is 5.69 Å². The molecule has 0 bridgehead atoms. The van der Waals surface area contributed by atoms with E-state index >= 15 is 0 Å². The van der Waals surface area contributed by atoms with E-state index in [0.29, 0.717) is 24.4 Å². The molecule has 1 rings (SSSR count). The summed E-state index contributed by atoms with van der Waals surface area (Å²) < 4.78 is 5.41. The predicted molar refractivity (Wildman–Crippen MR) is 73.4 cm³/mol. The summed E-state index contributed by atoms with van der Waals surface area (Å²) in [5, 5.41) is 8.59. The summed E-state index contributed by atoms with van der Waals surface area (Å²) in [6.45, 7) is 4.16. The Kier molecular flexibility index (Phi) is 5.68. The zero-order chi connectivity index (χ0) is 14.3. The van der Waals surface area contributed by atoms with E-state index in [4.69, 9.17) is 15.7 Å². The molecule has 0 spiro atoms. The van der Waals surface area contributed by atoms with Crippen LogP contribution in [0.1, 0.15) is 20.3 Å². The third kappa shape index (κ3) is 4.51. The zero-order valence-electron chi connectivity index (χ0n) is 11.3. The molecular weight excluding hydrogens is 242 g/mol. The second-order valence-corrected chi connectivity index (χ2v) is 4.42. The van der Waals surface area contributed by atoms with E-state index < -0.39 is 0 Å². The van der Waals surface area contributed by atoms with Crippen molar-refractivity contribution >= 4 is 11.6 Å². The van der Waals surface area contributed by atoms with Crippen molar-refractivity contribution < 1.29 is 9.53 Å². The Balaban J connectivity index is 2.58. The molecule has 0 heterocycles. The van der Waals surface area contributed by atoms with Crippen molar-refractivity contribution in [2.45, 2.75) is 26.3 Å². The molecule has 0 saturated heterocycles. The molecule has 1 aromatic carbocycles. The highest BCUT2D eigenvalue weighted by Crippen LogP contribution is 2.19. The third-order valence-electron chi connectivity index (χ3n) is 2.68. The number of benzene rings is 1. The fourth-order valence-corrected chi connectivity index (χ4v) is 1.68. The van der Waals surface area contributed by atoms with Crippen molar-refractivity contribution in [1.82, 2.24) is 4.90 Å². The topological polar surface area (TPSA) is 79.3 Å². The Hall–Kier alpha value is -2.22. The summed E-state index contributed by atoms with van der Waals surface area (Å²) in [4.78, 5) is 13.7. The van der Waals surface area contributed by atoms with Crippen LogP contribution in [0.5, 0.6) is 5.75 Å². The quantitative estimate of drug-likeness (QED) is 0.792. The van der Waals surface area contributed by atoms with E-state index in [1.807, 2.05) is 19.9 Å². The third-order valence-corrected chi connectivity index (χ3v) is 2.68. The molecule has 0 saturated carbocycles. The minimum atomic E-state index is -0.145. The summed E-state index contributed by atoms with van der Waals surface area (Å²) in [5.41, 5.74) is 6.23. The average molecular weight is 261 g/mol. The number of nitrogens with two attached hydrogens (primary N) is 1. The van der Waals surface area contributed by atoms with Gasteiger partial charge in [-0.1, -0.05) is 12.1 Å². The Morgan fingerprint density at radius 1 is 1.47 bits per heavy atom. The monoisotopic (exact) mass is 261 g/mol. The van der Waals surface area contributed by atoms with Gasteiger partial charge in [0.05, 0.1) is 18.2 Å². The van der Waals surface area contributed by atoms with Gasteiger partial charge >= 0.3 is 0 Å². The summed E-state index contributed by atoms with van der Waals surface area (Å²) in [7, 11) is 0. The van der Waals surface area contributed by atoms with Crippen molar-refractivity contribution in [1.29, 1.82) is 5.26 Å². The van der Waals surface area contributed by atoms with Crippen LogP contribution in [-0.4, -0.2) is 30.0 Å². The van der Waals surface area contributed by atoms with Gasteiger partial charge in [0.15, 0.2) is 6.61 Å². The number of nitrogen functional groups attached to an aromatic ring is 1. The molecule has 2 N–H and O–H groups in total. The molecular formula is C14H19N3O2. The molecule has 0 aliphatic carbocycles. The number of carbonyl (C=O) groups is 1. The average Bonchev–Trinajstić information content (AvgIpc) is 2.38. The number of carbonyl (C=O) groups excluding carboxylic acids is 1. The lowest BCUT2D eigenvalue weighted by Crippen LogP contribution is -2.40. The molecule has 0 aromatic heterocycles. The van der Waals surface area contributed by atoms with Gasteiger partial charge in [-0.05, 0) is 26.0 Å². The lowest BCUT2D eigenvalue weighted by atomic mass is 10.3. The first-order valence-electron chi connectivity index (χ1n) is 6.20. The number of anilines is 1. The highest BCUT2D eigenvalue weighted by Gasteiger charge is 2.17. The van der Waals surface area contributed by atoms with Gasteiger partial charge in [0.2, 0.25) is 0 Å². The van der Waals surface area contributed by atoms with Gasteiger partial charge in [0.1, 0.15) is 5.75 Å². The van der Waals surface area contributed by atoms with Gasteiger partial charge in [-0.2, -0.15) is 5.26 Å². The molecule has 0 aliphatic heterocycles.